The fraction of sp³-hybridized carbons (Fsp3) is 0.143. The lowest BCUT2D eigenvalue weighted by Crippen LogP contribution is -2.41. The Morgan fingerprint density at radius 3 is 2.50 bits per heavy atom. The summed E-state index contributed by atoms with van der Waals surface area (Å²) in [6, 6.07) is 10.5. The molecule has 0 bridgehead atoms. The number of anilines is 1. The van der Waals surface area contributed by atoms with Crippen LogP contribution >= 0.6 is 0 Å². The maximum absolute atomic E-state index is 12.4. The number of aromatic nitrogens is 1. The summed E-state index contributed by atoms with van der Waals surface area (Å²) in [7, 11) is 0. The topological polar surface area (TPSA) is 53.4 Å². The van der Waals surface area contributed by atoms with Crippen molar-refractivity contribution >= 4 is 11.6 Å². The van der Waals surface area contributed by atoms with E-state index in [0.29, 0.717) is 16.8 Å². The number of amides is 1. The van der Waals surface area contributed by atoms with Gasteiger partial charge in [-0.25, -0.2) is 0 Å². The second-order valence-corrected chi connectivity index (χ2v) is 4.41. The van der Waals surface area contributed by atoms with E-state index in [1.54, 1.807) is 49.6 Å². The summed E-state index contributed by atoms with van der Waals surface area (Å²) in [5.41, 5.74) is 0.483. The van der Waals surface area contributed by atoms with Gasteiger partial charge in [-0.1, -0.05) is 18.2 Å². The van der Waals surface area contributed by atoms with E-state index in [0.717, 1.165) is 0 Å². The highest BCUT2D eigenvalue weighted by atomic mass is 16.3. The Morgan fingerprint density at radius 2 is 1.83 bits per heavy atom. The molecular weight excluding hydrogens is 228 g/mol. The fourth-order valence-corrected chi connectivity index (χ4v) is 2.38. The normalized spacial score (nSPS) is 22.1. The minimum Gasteiger partial charge on any atom is -0.367 e. The van der Waals surface area contributed by atoms with Crippen molar-refractivity contribution in [2.45, 2.75) is 12.6 Å². The number of rotatable bonds is 1. The molecule has 1 aromatic heterocycles. The zero-order valence-corrected chi connectivity index (χ0v) is 9.87. The van der Waals surface area contributed by atoms with Crippen molar-refractivity contribution in [2.24, 2.45) is 0 Å². The molecule has 2 aromatic rings. The number of fused-ring (bicyclic) bond motifs is 1. The summed E-state index contributed by atoms with van der Waals surface area (Å²) >= 11 is 0. The number of hydrogen-bond donors (Lipinski definition) is 1. The summed E-state index contributed by atoms with van der Waals surface area (Å²) in [4.78, 5) is 17.7. The van der Waals surface area contributed by atoms with Gasteiger partial charge in [0.2, 0.25) is 0 Å². The predicted octanol–water partition coefficient (Wildman–Crippen LogP) is 1.91. The molecule has 0 aliphatic carbocycles. The van der Waals surface area contributed by atoms with Gasteiger partial charge in [-0.15, -0.1) is 0 Å². The molecule has 18 heavy (non-hydrogen) atoms. The van der Waals surface area contributed by atoms with Crippen molar-refractivity contribution in [2.75, 3.05) is 4.90 Å². The number of carbonyl (C=O) groups excluding carboxylic acids is 1. The van der Waals surface area contributed by atoms with Gasteiger partial charge in [0.25, 0.3) is 5.91 Å². The van der Waals surface area contributed by atoms with Crippen LogP contribution in [0.15, 0.2) is 48.8 Å². The van der Waals surface area contributed by atoms with Gasteiger partial charge >= 0.3 is 0 Å². The Morgan fingerprint density at radius 1 is 1.17 bits per heavy atom. The Balaban J connectivity index is 2.18. The van der Waals surface area contributed by atoms with E-state index in [1.165, 1.54) is 4.90 Å². The van der Waals surface area contributed by atoms with E-state index < -0.39 is 5.72 Å². The van der Waals surface area contributed by atoms with Crippen LogP contribution in [0.3, 0.4) is 0 Å². The molecule has 0 radical (unpaired) electrons. The van der Waals surface area contributed by atoms with Crippen LogP contribution in [0.4, 0.5) is 5.69 Å². The van der Waals surface area contributed by atoms with E-state index in [4.69, 9.17) is 0 Å². The van der Waals surface area contributed by atoms with Gasteiger partial charge in [-0.05, 0) is 25.1 Å². The first kappa shape index (κ1) is 10.9. The molecule has 1 aromatic carbocycles. The highest BCUT2D eigenvalue weighted by Crippen LogP contribution is 2.39. The van der Waals surface area contributed by atoms with Gasteiger partial charge in [-0.2, -0.15) is 0 Å². The monoisotopic (exact) mass is 240 g/mol. The minimum absolute atomic E-state index is 0.193. The van der Waals surface area contributed by atoms with Crippen LogP contribution in [0, 0.1) is 0 Å². The van der Waals surface area contributed by atoms with Gasteiger partial charge < -0.3 is 5.11 Å². The van der Waals surface area contributed by atoms with Crippen molar-refractivity contribution in [3.8, 4) is 0 Å². The van der Waals surface area contributed by atoms with E-state index in [-0.39, 0.29) is 5.91 Å². The van der Waals surface area contributed by atoms with Gasteiger partial charge in [0.15, 0.2) is 5.72 Å². The van der Waals surface area contributed by atoms with E-state index in [2.05, 4.69) is 4.98 Å². The average molecular weight is 240 g/mol. The molecule has 1 atom stereocenters. The Kier molecular flexibility index (Phi) is 2.21. The maximum atomic E-state index is 12.4. The van der Waals surface area contributed by atoms with Crippen molar-refractivity contribution in [1.82, 2.24) is 4.98 Å². The molecule has 4 heteroatoms. The molecule has 1 N–H and O–H groups in total. The second-order valence-electron chi connectivity index (χ2n) is 4.41. The smallest absolute Gasteiger partial charge is 0.261 e. The van der Waals surface area contributed by atoms with Crippen molar-refractivity contribution in [1.29, 1.82) is 0 Å². The van der Waals surface area contributed by atoms with Crippen LogP contribution in [-0.4, -0.2) is 16.0 Å². The molecule has 2 heterocycles. The van der Waals surface area contributed by atoms with Gasteiger partial charge in [0.1, 0.15) is 0 Å². The molecular formula is C14H12N2O2. The third-order valence-electron chi connectivity index (χ3n) is 3.23. The Hall–Kier alpha value is -2.20. The van der Waals surface area contributed by atoms with E-state index in [9.17, 15) is 9.90 Å². The van der Waals surface area contributed by atoms with Crippen LogP contribution in [-0.2, 0) is 5.72 Å². The van der Waals surface area contributed by atoms with Gasteiger partial charge in [0.05, 0.1) is 5.69 Å². The third-order valence-corrected chi connectivity index (χ3v) is 3.23. The molecule has 4 nitrogen and oxygen atoms in total. The summed E-state index contributed by atoms with van der Waals surface area (Å²) in [5, 5.41) is 10.6. The standard InChI is InChI=1S/C14H12N2O2/c1-14(18)12-5-3-2-4-11(12)13(17)16(14)10-6-8-15-9-7-10/h2-9,18H,1H3. The number of carbonyl (C=O) groups is 1. The quantitative estimate of drug-likeness (QED) is 0.828. The first-order chi connectivity index (χ1) is 8.62. The first-order valence-corrected chi connectivity index (χ1v) is 5.69. The zero-order valence-electron chi connectivity index (χ0n) is 9.87. The lowest BCUT2D eigenvalue weighted by Gasteiger charge is -2.30. The second kappa shape index (κ2) is 3.65. The van der Waals surface area contributed by atoms with Gasteiger partial charge in [0, 0.05) is 23.5 Å². The van der Waals surface area contributed by atoms with Crippen molar-refractivity contribution in [3.05, 3.63) is 59.9 Å². The van der Waals surface area contributed by atoms with Crippen molar-refractivity contribution < 1.29 is 9.90 Å². The summed E-state index contributed by atoms with van der Waals surface area (Å²) in [6.45, 7) is 1.62. The van der Waals surface area contributed by atoms with Crippen LogP contribution < -0.4 is 4.90 Å². The number of aliphatic hydroxyl groups is 1. The van der Waals surface area contributed by atoms with Crippen LogP contribution in [0.1, 0.15) is 22.8 Å². The summed E-state index contributed by atoms with van der Waals surface area (Å²) in [5.74, 6) is -0.193. The first-order valence-electron chi connectivity index (χ1n) is 5.69. The fourth-order valence-electron chi connectivity index (χ4n) is 2.38. The Labute approximate surface area is 105 Å². The molecule has 3 rings (SSSR count). The molecule has 1 amide bonds. The van der Waals surface area contributed by atoms with E-state index >= 15 is 0 Å². The molecule has 0 spiro atoms. The molecule has 1 aliphatic heterocycles. The van der Waals surface area contributed by atoms with Crippen LogP contribution in [0.2, 0.25) is 0 Å². The largest absolute Gasteiger partial charge is 0.367 e. The highest BCUT2D eigenvalue weighted by molar-refractivity contribution is 6.11. The predicted molar refractivity (Wildman–Crippen MR) is 67.1 cm³/mol. The number of pyridine rings is 1. The lowest BCUT2D eigenvalue weighted by atomic mass is 10.0. The molecule has 1 unspecified atom stereocenters. The zero-order chi connectivity index (χ0) is 12.8. The summed E-state index contributed by atoms with van der Waals surface area (Å²) in [6.07, 6.45) is 3.20. The molecule has 1 aliphatic rings. The highest BCUT2D eigenvalue weighted by Gasteiger charge is 2.45. The number of hydrogen-bond acceptors (Lipinski definition) is 3. The number of nitrogens with zero attached hydrogens (tertiary/aromatic N) is 2. The van der Waals surface area contributed by atoms with E-state index in [1.807, 2.05) is 6.07 Å². The SMILES string of the molecule is CC1(O)c2ccccc2C(=O)N1c1ccncc1. The van der Waals surface area contributed by atoms with Crippen LogP contribution in [0.5, 0.6) is 0 Å². The van der Waals surface area contributed by atoms with Gasteiger partial charge in [-0.3, -0.25) is 14.7 Å². The molecule has 0 fully saturated rings. The number of benzene rings is 1. The Bertz CT molecular complexity index is 608. The lowest BCUT2D eigenvalue weighted by molar-refractivity contribution is 0.0555. The maximum Gasteiger partial charge on any atom is 0.261 e. The minimum atomic E-state index is -1.32. The molecule has 0 saturated heterocycles. The third kappa shape index (κ3) is 1.36. The van der Waals surface area contributed by atoms with Crippen LogP contribution in [0.25, 0.3) is 0 Å². The average Bonchev–Trinajstić information content (AvgIpc) is 2.59. The molecule has 0 saturated carbocycles. The molecule has 90 valence electrons. The van der Waals surface area contributed by atoms with Crippen molar-refractivity contribution in [3.63, 3.8) is 0 Å². The summed E-state index contributed by atoms with van der Waals surface area (Å²) < 4.78 is 0.